The first-order valence-electron chi connectivity index (χ1n) is 7.74. The highest BCUT2D eigenvalue weighted by Crippen LogP contribution is 2.30. The van der Waals surface area contributed by atoms with Crippen molar-refractivity contribution in [2.45, 2.75) is 39.7 Å². The molecule has 0 saturated carbocycles. The largest absolute Gasteiger partial charge is 0.310 e. The van der Waals surface area contributed by atoms with Crippen LogP contribution in [-0.4, -0.2) is 26.5 Å². The van der Waals surface area contributed by atoms with E-state index in [2.05, 4.69) is 50.4 Å². The van der Waals surface area contributed by atoms with E-state index in [0.717, 1.165) is 19.4 Å². The van der Waals surface area contributed by atoms with Crippen molar-refractivity contribution in [3.05, 3.63) is 35.9 Å². The molecule has 0 aromatic heterocycles. The second kappa shape index (κ2) is 6.49. The summed E-state index contributed by atoms with van der Waals surface area (Å²) in [4.78, 5) is 0. The van der Waals surface area contributed by atoms with Crippen LogP contribution >= 0.6 is 0 Å². The van der Waals surface area contributed by atoms with Crippen LogP contribution in [0.2, 0.25) is 0 Å². The maximum atomic E-state index is 11.6. The zero-order chi connectivity index (χ0) is 15.5. The molecule has 1 aromatic carbocycles. The average Bonchev–Trinajstić information content (AvgIpc) is 2.74. The first kappa shape index (κ1) is 16.5. The van der Waals surface area contributed by atoms with E-state index in [-0.39, 0.29) is 17.4 Å². The Hall–Kier alpha value is -0.870. The summed E-state index contributed by atoms with van der Waals surface area (Å²) in [6.45, 7) is 7.51. The molecule has 1 heterocycles. The minimum absolute atomic E-state index is 0.231. The molecule has 1 aliphatic heterocycles. The number of rotatable bonds is 5. The van der Waals surface area contributed by atoms with Gasteiger partial charge < -0.3 is 5.32 Å². The van der Waals surface area contributed by atoms with Crippen molar-refractivity contribution in [1.82, 2.24) is 5.32 Å². The summed E-state index contributed by atoms with van der Waals surface area (Å²) in [5.74, 6) is 0.965. The van der Waals surface area contributed by atoms with Gasteiger partial charge in [-0.15, -0.1) is 0 Å². The highest BCUT2D eigenvalue weighted by molar-refractivity contribution is 7.91. The molecule has 1 aromatic rings. The fraction of sp³-hybridized carbons (Fsp3) is 0.647. The predicted molar refractivity (Wildman–Crippen MR) is 88.0 cm³/mol. The number of hydrogen-bond donors (Lipinski definition) is 1. The van der Waals surface area contributed by atoms with Gasteiger partial charge in [-0.25, -0.2) is 8.42 Å². The molecule has 1 fully saturated rings. The van der Waals surface area contributed by atoms with Gasteiger partial charge in [-0.1, -0.05) is 51.1 Å². The fourth-order valence-electron chi connectivity index (χ4n) is 2.95. The molecule has 0 bridgehead atoms. The van der Waals surface area contributed by atoms with Gasteiger partial charge in [0.15, 0.2) is 9.84 Å². The van der Waals surface area contributed by atoms with Gasteiger partial charge in [0.2, 0.25) is 0 Å². The molecule has 0 radical (unpaired) electrons. The minimum atomic E-state index is -2.78. The van der Waals surface area contributed by atoms with E-state index in [4.69, 9.17) is 0 Å². The van der Waals surface area contributed by atoms with E-state index in [1.807, 2.05) is 6.07 Å². The summed E-state index contributed by atoms with van der Waals surface area (Å²) in [7, 11) is -2.78. The van der Waals surface area contributed by atoms with E-state index in [1.165, 1.54) is 5.56 Å². The van der Waals surface area contributed by atoms with Gasteiger partial charge in [0.25, 0.3) is 0 Å². The normalized spacial score (nSPS) is 23.1. The van der Waals surface area contributed by atoms with Gasteiger partial charge in [0.1, 0.15) is 0 Å². The maximum Gasteiger partial charge on any atom is 0.150 e. The van der Waals surface area contributed by atoms with Gasteiger partial charge in [-0.05, 0) is 36.3 Å². The van der Waals surface area contributed by atoms with Crippen molar-refractivity contribution in [2.24, 2.45) is 11.3 Å². The van der Waals surface area contributed by atoms with Crippen LogP contribution in [0.25, 0.3) is 0 Å². The third-order valence-electron chi connectivity index (χ3n) is 4.00. The monoisotopic (exact) mass is 309 g/mol. The molecule has 118 valence electrons. The van der Waals surface area contributed by atoms with Crippen LogP contribution in [0.4, 0.5) is 0 Å². The molecule has 0 amide bonds. The van der Waals surface area contributed by atoms with Crippen molar-refractivity contribution in [3.8, 4) is 0 Å². The zero-order valence-corrected chi connectivity index (χ0v) is 14.1. The minimum Gasteiger partial charge on any atom is -0.310 e. The Morgan fingerprint density at radius 3 is 2.43 bits per heavy atom. The molecule has 1 aliphatic rings. The SMILES string of the molecule is CC(C)(C)C[C@H](NC[C@@H]1CCS(=O)(=O)C1)c1ccccc1. The first-order valence-corrected chi connectivity index (χ1v) is 9.56. The van der Waals surface area contributed by atoms with Crippen LogP contribution in [0.1, 0.15) is 45.2 Å². The number of sulfone groups is 1. The molecule has 3 nitrogen and oxygen atoms in total. The van der Waals surface area contributed by atoms with Crippen molar-refractivity contribution in [3.63, 3.8) is 0 Å². The molecule has 1 saturated heterocycles. The van der Waals surface area contributed by atoms with E-state index in [0.29, 0.717) is 11.5 Å². The summed E-state index contributed by atoms with van der Waals surface area (Å²) in [5, 5.41) is 3.61. The van der Waals surface area contributed by atoms with Crippen molar-refractivity contribution in [2.75, 3.05) is 18.1 Å². The second-order valence-corrected chi connectivity index (χ2v) is 9.63. The molecule has 0 aliphatic carbocycles. The molecular weight excluding hydrogens is 282 g/mol. The number of hydrogen-bond acceptors (Lipinski definition) is 3. The molecule has 21 heavy (non-hydrogen) atoms. The Morgan fingerprint density at radius 1 is 1.24 bits per heavy atom. The summed E-state index contributed by atoms with van der Waals surface area (Å²) in [5.41, 5.74) is 1.52. The molecular formula is C17H27NO2S. The molecule has 2 rings (SSSR count). The van der Waals surface area contributed by atoms with Gasteiger partial charge in [0, 0.05) is 6.04 Å². The standard InChI is InChI=1S/C17H27NO2S/c1-17(2,3)11-16(15-7-5-4-6-8-15)18-12-14-9-10-21(19,20)13-14/h4-8,14,16,18H,9-13H2,1-3H3/t14-,16-/m0/s1. The lowest BCUT2D eigenvalue weighted by molar-refractivity contribution is 0.303. The van der Waals surface area contributed by atoms with Crippen LogP contribution in [0.15, 0.2) is 30.3 Å². The van der Waals surface area contributed by atoms with Crippen molar-refractivity contribution in [1.29, 1.82) is 0 Å². The number of nitrogens with one attached hydrogen (secondary N) is 1. The molecule has 0 spiro atoms. The maximum absolute atomic E-state index is 11.6. The zero-order valence-electron chi connectivity index (χ0n) is 13.3. The lowest BCUT2D eigenvalue weighted by Crippen LogP contribution is -2.30. The van der Waals surface area contributed by atoms with Gasteiger partial charge >= 0.3 is 0 Å². The van der Waals surface area contributed by atoms with Crippen molar-refractivity contribution < 1.29 is 8.42 Å². The summed E-state index contributed by atoms with van der Waals surface area (Å²) < 4.78 is 23.1. The van der Waals surface area contributed by atoms with E-state index >= 15 is 0 Å². The van der Waals surface area contributed by atoms with Gasteiger partial charge in [-0.2, -0.15) is 0 Å². The molecule has 0 unspecified atom stereocenters. The predicted octanol–water partition coefficient (Wildman–Crippen LogP) is 3.19. The van der Waals surface area contributed by atoms with Gasteiger partial charge in [0.05, 0.1) is 11.5 Å². The first-order chi connectivity index (χ1) is 9.75. The van der Waals surface area contributed by atoms with Crippen molar-refractivity contribution >= 4 is 9.84 Å². The van der Waals surface area contributed by atoms with E-state index in [1.54, 1.807) is 0 Å². The summed E-state index contributed by atoms with van der Waals surface area (Å²) in [6.07, 6.45) is 1.84. The molecule has 2 atom stereocenters. The quantitative estimate of drug-likeness (QED) is 0.908. The van der Waals surface area contributed by atoms with Crippen LogP contribution in [-0.2, 0) is 9.84 Å². The van der Waals surface area contributed by atoms with E-state index in [9.17, 15) is 8.42 Å². The summed E-state index contributed by atoms with van der Waals surface area (Å²) in [6, 6.07) is 10.7. The van der Waals surface area contributed by atoms with Crippen LogP contribution < -0.4 is 5.32 Å². The third kappa shape index (κ3) is 5.44. The lowest BCUT2D eigenvalue weighted by atomic mass is 9.85. The lowest BCUT2D eigenvalue weighted by Gasteiger charge is -2.28. The Balaban J connectivity index is 2.00. The Kier molecular flexibility index (Phi) is 5.10. The Labute approximate surface area is 129 Å². The molecule has 4 heteroatoms. The topological polar surface area (TPSA) is 46.2 Å². The fourth-order valence-corrected chi connectivity index (χ4v) is 4.81. The highest BCUT2D eigenvalue weighted by atomic mass is 32.2. The van der Waals surface area contributed by atoms with Crippen LogP contribution in [0.5, 0.6) is 0 Å². The smallest absolute Gasteiger partial charge is 0.150 e. The van der Waals surface area contributed by atoms with Crippen LogP contribution in [0, 0.1) is 11.3 Å². The third-order valence-corrected chi connectivity index (χ3v) is 5.84. The molecule has 1 N–H and O–H groups in total. The Morgan fingerprint density at radius 2 is 1.90 bits per heavy atom. The van der Waals surface area contributed by atoms with Crippen LogP contribution in [0.3, 0.4) is 0 Å². The highest BCUT2D eigenvalue weighted by Gasteiger charge is 2.29. The average molecular weight is 309 g/mol. The second-order valence-electron chi connectivity index (χ2n) is 7.41. The Bertz CT molecular complexity index is 546. The number of benzene rings is 1. The summed E-state index contributed by atoms with van der Waals surface area (Å²) >= 11 is 0. The van der Waals surface area contributed by atoms with Gasteiger partial charge in [-0.3, -0.25) is 0 Å². The van der Waals surface area contributed by atoms with E-state index < -0.39 is 9.84 Å².